The molecule has 3 saturated heterocycles. The number of hydrogen-bond acceptors (Lipinski definition) is 8. The smallest absolute Gasteiger partial charge is 0.303 e. The van der Waals surface area contributed by atoms with Gasteiger partial charge in [-0.3, -0.25) is 14.4 Å². The zero-order chi connectivity index (χ0) is 16.4. The highest BCUT2D eigenvalue weighted by molar-refractivity contribution is 9.09. The fourth-order valence-corrected chi connectivity index (χ4v) is 7.65. The minimum Gasteiger partial charge on any atom is -0.506 e. The molecule has 0 radical (unpaired) electrons. The molecule has 4 aliphatic rings. The van der Waals surface area contributed by atoms with E-state index >= 15 is 0 Å². The van der Waals surface area contributed by atoms with Crippen molar-refractivity contribution < 1.29 is 24.3 Å². The molecule has 1 spiro atoms. The van der Waals surface area contributed by atoms with Gasteiger partial charge in [0.25, 0.3) is 11.8 Å². The van der Waals surface area contributed by atoms with Gasteiger partial charge in [0.1, 0.15) is 16.7 Å². The van der Waals surface area contributed by atoms with Gasteiger partial charge in [0.2, 0.25) is 0 Å². The number of amides is 2. The van der Waals surface area contributed by atoms with Crippen molar-refractivity contribution in [2.24, 2.45) is 0 Å². The summed E-state index contributed by atoms with van der Waals surface area (Å²) >= 11 is 5.99. The molecule has 2 amide bonds. The average Bonchev–Trinajstić information content (AvgIpc) is 2.78. The molecule has 1 aromatic carbocycles. The van der Waals surface area contributed by atoms with E-state index in [1.165, 1.54) is 44.6 Å². The van der Waals surface area contributed by atoms with Crippen molar-refractivity contribution in [3.05, 3.63) is 22.7 Å². The first-order chi connectivity index (χ1) is 11.0. The first-order valence-electron chi connectivity index (χ1n) is 6.38. The molecule has 1 unspecified atom stereocenters. The molecule has 0 saturated carbocycles. The number of aromatic hydroxyl groups is 1. The van der Waals surface area contributed by atoms with Gasteiger partial charge in [0.05, 0.1) is 12.1 Å². The lowest BCUT2D eigenvalue weighted by molar-refractivity contribution is -0.252. The number of benzene rings is 1. The largest absolute Gasteiger partial charge is 0.506 e. The summed E-state index contributed by atoms with van der Waals surface area (Å²) in [5.41, 5.74) is -1.04. The summed E-state index contributed by atoms with van der Waals surface area (Å²) in [6.07, 6.45) is 0. The molecule has 3 fully saturated rings. The lowest BCUT2D eigenvalue weighted by Gasteiger charge is -2.46. The zero-order valence-electron chi connectivity index (χ0n) is 11.4. The van der Waals surface area contributed by atoms with Crippen LogP contribution in [0.5, 0.6) is 11.5 Å². The van der Waals surface area contributed by atoms with Crippen LogP contribution in [-0.2, 0) is 14.4 Å². The zero-order valence-corrected chi connectivity index (χ0v) is 14.6. The SMILES string of the molecule is CON1C(=O)C2NC(=O)[C@@]13Oc1cc(O)c(Cl)cc1[C@@H]3SSS2. The van der Waals surface area contributed by atoms with E-state index in [0.717, 1.165) is 5.06 Å². The highest BCUT2D eigenvalue weighted by atomic mass is 35.5. The van der Waals surface area contributed by atoms with Gasteiger partial charge in [0.15, 0.2) is 5.37 Å². The van der Waals surface area contributed by atoms with Crippen molar-refractivity contribution in [2.75, 3.05) is 7.11 Å². The number of hydrogen-bond donors (Lipinski definition) is 2. The first-order valence-corrected chi connectivity index (χ1v) is 10.4. The van der Waals surface area contributed by atoms with Crippen LogP contribution in [0.3, 0.4) is 0 Å². The summed E-state index contributed by atoms with van der Waals surface area (Å²) in [5, 5.41) is 12.3. The molecule has 5 rings (SSSR count). The Balaban J connectivity index is 1.92. The van der Waals surface area contributed by atoms with Gasteiger partial charge < -0.3 is 15.2 Å². The van der Waals surface area contributed by atoms with Crippen LogP contribution in [-0.4, -0.2) is 40.2 Å². The molecule has 3 atom stereocenters. The van der Waals surface area contributed by atoms with E-state index in [1.807, 2.05) is 0 Å². The normalized spacial score (nSPS) is 31.8. The number of carbonyl (C=O) groups excluding carboxylic acids is 2. The molecule has 0 aromatic heterocycles. The molecule has 2 bridgehead atoms. The van der Waals surface area contributed by atoms with Crippen LogP contribution in [0.15, 0.2) is 12.1 Å². The predicted octanol–water partition coefficient (Wildman–Crippen LogP) is 2.06. The number of carbonyl (C=O) groups is 2. The fraction of sp³-hybridized carbons (Fsp3) is 0.333. The third-order valence-corrected chi connectivity index (χ3v) is 8.53. The third-order valence-electron chi connectivity index (χ3n) is 3.75. The molecule has 7 nitrogen and oxygen atoms in total. The number of nitrogens with zero attached hydrogens (tertiary/aromatic N) is 1. The van der Waals surface area contributed by atoms with E-state index in [4.69, 9.17) is 21.2 Å². The Kier molecular flexibility index (Phi) is 3.58. The van der Waals surface area contributed by atoms with Crippen molar-refractivity contribution >= 4 is 54.8 Å². The van der Waals surface area contributed by atoms with Crippen molar-refractivity contribution in [1.82, 2.24) is 10.4 Å². The Labute approximate surface area is 147 Å². The molecular formula is C12H9ClN2O5S3. The highest BCUT2D eigenvalue weighted by Crippen LogP contribution is 2.62. The third kappa shape index (κ3) is 1.99. The van der Waals surface area contributed by atoms with E-state index < -0.39 is 28.2 Å². The predicted molar refractivity (Wildman–Crippen MR) is 87.8 cm³/mol. The average molecular weight is 393 g/mol. The topological polar surface area (TPSA) is 88.1 Å². The standard InChI is InChI=1S/C12H9ClN2O5S3/c1-19-15-10(17)9-14-11(18)12(15)8(21-23-22-9)4-2-5(13)6(16)3-7(4)20-12/h2-3,8-9,16H,1H3,(H,14,18)/t8-,9?,12+/m0/s1. The quantitative estimate of drug-likeness (QED) is 0.702. The number of phenolic OH excluding ortho intramolecular Hbond substituents is 1. The Morgan fingerprint density at radius 2 is 2.22 bits per heavy atom. The Bertz CT molecular complexity index is 735. The summed E-state index contributed by atoms with van der Waals surface area (Å²) in [6, 6.07) is 2.89. The Morgan fingerprint density at radius 1 is 1.43 bits per heavy atom. The van der Waals surface area contributed by atoms with Gasteiger partial charge in [0, 0.05) is 11.6 Å². The number of fused-ring (bicyclic) bond motifs is 5. The molecule has 4 heterocycles. The van der Waals surface area contributed by atoms with Crippen LogP contribution < -0.4 is 10.1 Å². The monoisotopic (exact) mass is 392 g/mol. The lowest BCUT2D eigenvalue weighted by atomic mass is 10.0. The van der Waals surface area contributed by atoms with Crippen LogP contribution in [0.4, 0.5) is 0 Å². The minimum atomic E-state index is -1.67. The summed E-state index contributed by atoms with van der Waals surface area (Å²) in [7, 11) is 5.31. The van der Waals surface area contributed by atoms with Crippen molar-refractivity contribution in [3.8, 4) is 11.5 Å². The van der Waals surface area contributed by atoms with E-state index in [9.17, 15) is 14.7 Å². The summed E-state index contributed by atoms with van der Waals surface area (Å²) in [4.78, 5) is 30.5. The van der Waals surface area contributed by atoms with Gasteiger partial charge in [-0.15, -0.1) is 0 Å². The van der Waals surface area contributed by atoms with Crippen molar-refractivity contribution in [1.29, 1.82) is 0 Å². The number of phenols is 1. The maximum absolute atomic E-state index is 12.7. The van der Waals surface area contributed by atoms with Gasteiger partial charge in [-0.2, -0.15) is 5.06 Å². The van der Waals surface area contributed by atoms with Crippen LogP contribution >= 0.6 is 43.0 Å². The highest BCUT2D eigenvalue weighted by Gasteiger charge is 2.66. The second kappa shape index (κ2) is 5.28. The number of piperazine rings is 1. The summed E-state index contributed by atoms with van der Waals surface area (Å²) in [6.45, 7) is 0. The second-order valence-electron chi connectivity index (χ2n) is 4.95. The van der Waals surface area contributed by atoms with Gasteiger partial charge >= 0.3 is 5.72 Å². The molecule has 11 heteroatoms. The number of rotatable bonds is 1. The van der Waals surface area contributed by atoms with Crippen LogP contribution in [0, 0.1) is 0 Å². The van der Waals surface area contributed by atoms with E-state index in [1.54, 1.807) is 6.07 Å². The van der Waals surface area contributed by atoms with E-state index in [2.05, 4.69) is 5.32 Å². The van der Waals surface area contributed by atoms with Crippen LogP contribution in [0.1, 0.15) is 10.8 Å². The minimum absolute atomic E-state index is 0.147. The lowest BCUT2D eigenvalue weighted by Crippen LogP contribution is -2.72. The van der Waals surface area contributed by atoms with E-state index in [0.29, 0.717) is 11.3 Å². The first kappa shape index (κ1) is 15.6. The maximum atomic E-state index is 12.7. The number of ether oxygens (including phenoxy) is 1. The van der Waals surface area contributed by atoms with Gasteiger partial charge in [-0.25, -0.2) is 0 Å². The van der Waals surface area contributed by atoms with Crippen LogP contribution in [0.2, 0.25) is 5.02 Å². The maximum Gasteiger partial charge on any atom is 0.303 e. The molecule has 4 aliphatic heterocycles. The fourth-order valence-electron chi connectivity index (χ4n) is 2.75. The molecule has 122 valence electrons. The number of hydroxylamine groups is 2. The second-order valence-corrected chi connectivity index (χ2v) is 9.61. The van der Waals surface area contributed by atoms with Crippen molar-refractivity contribution in [3.63, 3.8) is 0 Å². The van der Waals surface area contributed by atoms with Crippen molar-refractivity contribution in [2.45, 2.75) is 16.3 Å². The molecule has 1 aromatic rings. The Hall–Kier alpha value is -0.940. The number of nitrogens with one attached hydrogen (secondary N) is 1. The summed E-state index contributed by atoms with van der Waals surface area (Å²) in [5.74, 6) is -0.744. The Morgan fingerprint density at radius 3 is 2.96 bits per heavy atom. The molecule has 0 aliphatic carbocycles. The van der Waals surface area contributed by atoms with Crippen LogP contribution in [0.25, 0.3) is 0 Å². The number of halogens is 1. The van der Waals surface area contributed by atoms with Gasteiger partial charge in [-0.1, -0.05) is 22.4 Å². The molecule has 23 heavy (non-hydrogen) atoms. The molecular weight excluding hydrogens is 384 g/mol. The molecule has 2 N–H and O–H groups in total. The summed E-state index contributed by atoms with van der Waals surface area (Å²) < 4.78 is 5.85. The van der Waals surface area contributed by atoms with E-state index in [-0.39, 0.29) is 10.8 Å². The van der Waals surface area contributed by atoms with Gasteiger partial charge in [-0.05, 0) is 26.7 Å².